The molecule has 27 heavy (non-hydrogen) atoms. The highest BCUT2D eigenvalue weighted by molar-refractivity contribution is 7.90. The predicted molar refractivity (Wildman–Crippen MR) is 106 cm³/mol. The van der Waals surface area contributed by atoms with Crippen LogP contribution >= 0.6 is 0 Å². The first-order chi connectivity index (χ1) is 12.8. The Morgan fingerprint density at radius 1 is 1.11 bits per heavy atom. The Balaban J connectivity index is 1.66. The fourth-order valence-corrected chi connectivity index (χ4v) is 4.63. The number of piperidine rings is 1. The number of nitrogens with one attached hydrogen (secondary N) is 2. The van der Waals surface area contributed by atoms with E-state index in [4.69, 9.17) is 0 Å². The van der Waals surface area contributed by atoms with Crippen molar-refractivity contribution in [3.05, 3.63) is 65.2 Å². The number of amides is 1. The van der Waals surface area contributed by atoms with Gasteiger partial charge in [0.1, 0.15) is 0 Å². The highest BCUT2D eigenvalue weighted by atomic mass is 32.2. The summed E-state index contributed by atoms with van der Waals surface area (Å²) in [6.07, 6.45) is 0.916. The summed E-state index contributed by atoms with van der Waals surface area (Å²) in [5, 5.41) is 6.40. The first kappa shape index (κ1) is 19.6. The minimum Gasteiger partial charge on any atom is -0.349 e. The predicted octanol–water partition coefficient (Wildman–Crippen LogP) is 2.70. The van der Waals surface area contributed by atoms with Gasteiger partial charge >= 0.3 is 0 Å². The zero-order valence-corrected chi connectivity index (χ0v) is 16.6. The smallest absolute Gasteiger partial charge is 0.251 e. The number of carbonyl (C=O) groups excluding carboxylic acids is 1. The Morgan fingerprint density at radius 3 is 2.41 bits per heavy atom. The Labute approximate surface area is 161 Å². The van der Waals surface area contributed by atoms with E-state index in [1.165, 1.54) is 0 Å². The molecule has 1 heterocycles. The lowest BCUT2D eigenvalue weighted by molar-refractivity contribution is 0.0914. The number of carbonyl (C=O) groups is 1. The number of aryl methyl sites for hydroxylation is 1. The molecule has 2 N–H and O–H groups in total. The van der Waals surface area contributed by atoms with Crippen molar-refractivity contribution in [2.75, 3.05) is 13.1 Å². The van der Waals surface area contributed by atoms with Crippen molar-refractivity contribution in [1.29, 1.82) is 0 Å². The van der Waals surface area contributed by atoms with Crippen LogP contribution in [-0.2, 0) is 15.6 Å². The quantitative estimate of drug-likeness (QED) is 0.828. The molecule has 2 aromatic rings. The second-order valence-electron chi connectivity index (χ2n) is 7.32. The van der Waals surface area contributed by atoms with E-state index in [0.717, 1.165) is 25.1 Å². The standard InChI is InChI=1S/C21H26N2O3S/c1-15-3-9-19(10-4-15)27(25,26)14-17-5-7-18(8-6-17)21(24)23-20-11-12-22-13-16(20)2/h3-10,16,20,22H,11-14H2,1-2H3,(H,23,24). The summed E-state index contributed by atoms with van der Waals surface area (Å²) in [4.78, 5) is 12.8. The third kappa shape index (κ3) is 4.96. The molecule has 1 saturated heterocycles. The number of sulfone groups is 1. The van der Waals surface area contributed by atoms with Gasteiger partial charge in [0.05, 0.1) is 10.6 Å². The molecule has 2 aromatic carbocycles. The van der Waals surface area contributed by atoms with Crippen LogP contribution in [0.3, 0.4) is 0 Å². The molecule has 0 saturated carbocycles. The minimum atomic E-state index is -3.40. The highest BCUT2D eigenvalue weighted by Gasteiger charge is 2.23. The van der Waals surface area contributed by atoms with E-state index >= 15 is 0 Å². The average Bonchev–Trinajstić information content (AvgIpc) is 2.64. The molecule has 6 heteroatoms. The summed E-state index contributed by atoms with van der Waals surface area (Å²) in [7, 11) is -3.40. The van der Waals surface area contributed by atoms with Crippen molar-refractivity contribution in [3.8, 4) is 0 Å². The molecular formula is C21H26N2O3S. The van der Waals surface area contributed by atoms with E-state index in [0.29, 0.717) is 21.9 Å². The van der Waals surface area contributed by atoms with Crippen LogP contribution < -0.4 is 10.6 Å². The van der Waals surface area contributed by atoms with Crippen LogP contribution in [0.1, 0.15) is 34.8 Å². The lowest BCUT2D eigenvalue weighted by Crippen LogP contribution is -2.48. The van der Waals surface area contributed by atoms with Gasteiger partial charge in [-0.15, -0.1) is 0 Å². The summed E-state index contributed by atoms with van der Waals surface area (Å²) in [5.74, 6) is 0.201. The lowest BCUT2D eigenvalue weighted by atomic mass is 9.95. The maximum Gasteiger partial charge on any atom is 0.251 e. The van der Waals surface area contributed by atoms with E-state index in [2.05, 4.69) is 17.6 Å². The van der Waals surface area contributed by atoms with Gasteiger partial charge in [-0.25, -0.2) is 8.42 Å². The minimum absolute atomic E-state index is 0.0801. The zero-order chi connectivity index (χ0) is 19.4. The van der Waals surface area contributed by atoms with Crippen LogP contribution in [0.25, 0.3) is 0 Å². The van der Waals surface area contributed by atoms with Gasteiger partial charge in [0, 0.05) is 11.6 Å². The maximum atomic E-state index is 12.5. The highest BCUT2D eigenvalue weighted by Crippen LogP contribution is 2.18. The third-order valence-corrected chi connectivity index (χ3v) is 6.76. The van der Waals surface area contributed by atoms with Crippen molar-refractivity contribution in [3.63, 3.8) is 0 Å². The second-order valence-corrected chi connectivity index (χ2v) is 9.31. The third-order valence-electron chi connectivity index (χ3n) is 5.05. The maximum absolute atomic E-state index is 12.5. The number of hydrogen-bond donors (Lipinski definition) is 2. The van der Waals surface area contributed by atoms with Gasteiger partial charge in [0.15, 0.2) is 9.84 Å². The van der Waals surface area contributed by atoms with Crippen molar-refractivity contribution in [2.24, 2.45) is 5.92 Å². The molecule has 1 fully saturated rings. The van der Waals surface area contributed by atoms with Gasteiger partial charge in [-0.3, -0.25) is 4.79 Å². The van der Waals surface area contributed by atoms with E-state index in [1.54, 1.807) is 48.5 Å². The fourth-order valence-electron chi connectivity index (χ4n) is 3.28. The average molecular weight is 387 g/mol. The molecule has 1 aliphatic rings. The Hall–Kier alpha value is -2.18. The summed E-state index contributed by atoms with van der Waals surface area (Å²) < 4.78 is 25.1. The van der Waals surface area contributed by atoms with Crippen LogP contribution in [0.2, 0.25) is 0 Å². The van der Waals surface area contributed by atoms with Crippen LogP contribution in [0.4, 0.5) is 0 Å². The molecule has 144 valence electrons. The Morgan fingerprint density at radius 2 is 1.78 bits per heavy atom. The molecule has 0 bridgehead atoms. The van der Waals surface area contributed by atoms with Gasteiger partial charge in [0.2, 0.25) is 0 Å². The van der Waals surface area contributed by atoms with E-state index < -0.39 is 9.84 Å². The van der Waals surface area contributed by atoms with Crippen LogP contribution in [-0.4, -0.2) is 33.5 Å². The molecule has 3 rings (SSSR count). The molecule has 1 aliphatic heterocycles. The van der Waals surface area contributed by atoms with Crippen molar-refractivity contribution < 1.29 is 13.2 Å². The molecule has 1 amide bonds. The van der Waals surface area contributed by atoms with Gasteiger partial charge < -0.3 is 10.6 Å². The van der Waals surface area contributed by atoms with E-state index in [9.17, 15) is 13.2 Å². The normalized spacial score (nSPS) is 20.2. The number of benzene rings is 2. The van der Waals surface area contributed by atoms with Crippen molar-refractivity contribution in [1.82, 2.24) is 10.6 Å². The van der Waals surface area contributed by atoms with Crippen LogP contribution in [0, 0.1) is 12.8 Å². The lowest BCUT2D eigenvalue weighted by Gasteiger charge is -2.30. The van der Waals surface area contributed by atoms with E-state index in [-0.39, 0.29) is 17.7 Å². The monoisotopic (exact) mass is 386 g/mol. The second kappa shape index (κ2) is 8.23. The first-order valence-corrected chi connectivity index (χ1v) is 10.9. The SMILES string of the molecule is Cc1ccc(S(=O)(=O)Cc2ccc(C(=O)NC3CCNCC3C)cc2)cc1. The van der Waals surface area contributed by atoms with Gasteiger partial charge in [0.25, 0.3) is 5.91 Å². The van der Waals surface area contributed by atoms with Crippen LogP contribution in [0.5, 0.6) is 0 Å². The fraction of sp³-hybridized carbons (Fsp3) is 0.381. The molecule has 0 aliphatic carbocycles. The molecule has 2 atom stereocenters. The van der Waals surface area contributed by atoms with Crippen molar-refractivity contribution in [2.45, 2.75) is 37.0 Å². The molecule has 0 radical (unpaired) electrons. The van der Waals surface area contributed by atoms with Gasteiger partial charge in [-0.1, -0.05) is 36.8 Å². The Kier molecular flexibility index (Phi) is 5.97. The summed E-state index contributed by atoms with van der Waals surface area (Å²) >= 11 is 0. The summed E-state index contributed by atoms with van der Waals surface area (Å²) in [6, 6.07) is 13.8. The summed E-state index contributed by atoms with van der Waals surface area (Å²) in [5.41, 5.74) is 2.24. The number of hydrogen-bond acceptors (Lipinski definition) is 4. The molecule has 5 nitrogen and oxygen atoms in total. The van der Waals surface area contributed by atoms with Crippen molar-refractivity contribution >= 4 is 15.7 Å². The summed E-state index contributed by atoms with van der Waals surface area (Å²) in [6.45, 7) is 5.85. The van der Waals surface area contributed by atoms with E-state index in [1.807, 2.05) is 6.92 Å². The topological polar surface area (TPSA) is 75.3 Å². The van der Waals surface area contributed by atoms with Gasteiger partial charge in [-0.2, -0.15) is 0 Å². The van der Waals surface area contributed by atoms with Gasteiger partial charge in [-0.05, 0) is 62.2 Å². The molecule has 0 spiro atoms. The molecule has 2 unspecified atom stereocenters. The molecular weight excluding hydrogens is 360 g/mol. The first-order valence-electron chi connectivity index (χ1n) is 9.25. The number of rotatable bonds is 5. The molecule has 0 aromatic heterocycles. The Bertz CT molecular complexity index is 890. The largest absolute Gasteiger partial charge is 0.349 e. The zero-order valence-electron chi connectivity index (χ0n) is 15.7. The van der Waals surface area contributed by atoms with Crippen LogP contribution in [0.15, 0.2) is 53.4 Å².